The predicted octanol–water partition coefficient (Wildman–Crippen LogP) is 3.34. The van der Waals surface area contributed by atoms with Gasteiger partial charge in [-0.05, 0) is 38.8 Å². The number of ether oxygens (including phenoxy) is 1. The smallest absolute Gasteiger partial charge is 0.339 e. The van der Waals surface area contributed by atoms with Crippen molar-refractivity contribution in [2.75, 3.05) is 0 Å². The second kappa shape index (κ2) is 4.97. The van der Waals surface area contributed by atoms with Crippen LogP contribution in [0.15, 0.2) is 24.8 Å². The van der Waals surface area contributed by atoms with Gasteiger partial charge in [0.05, 0.1) is 5.56 Å². The zero-order valence-electron chi connectivity index (χ0n) is 10.3. The number of esters is 1. The molecule has 0 saturated heterocycles. The number of hydrogen-bond donors (Lipinski definition) is 0. The van der Waals surface area contributed by atoms with Gasteiger partial charge < -0.3 is 4.74 Å². The number of carbonyl (C=O) groups excluding carboxylic acids is 1. The van der Waals surface area contributed by atoms with E-state index < -0.39 is 0 Å². The highest BCUT2D eigenvalue weighted by Crippen LogP contribution is 2.18. The van der Waals surface area contributed by atoms with Crippen LogP contribution in [-0.2, 0) is 4.74 Å². The molecule has 1 aromatic carbocycles. The van der Waals surface area contributed by atoms with Crippen LogP contribution >= 0.6 is 0 Å². The second-order valence-corrected chi connectivity index (χ2v) is 4.12. The van der Waals surface area contributed by atoms with E-state index in [1.165, 1.54) is 0 Å². The quantitative estimate of drug-likeness (QED) is 0.574. The molecule has 0 aliphatic rings. The minimum atomic E-state index is -0.276. The van der Waals surface area contributed by atoms with Crippen molar-refractivity contribution >= 4 is 5.97 Å². The molecular weight excluding hydrogens is 200 g/mol. The Morgan fingerprint density at radius 1 is 1.31 bits per heavy atom. The lowest BCUT2D eigenvalue weighted by molar-refractivity contribution is 0.0423. The molecule has 0 fully saturated rings. The average Bonchev–Trinajstić information content (AvgIpc) is 2.15. The maximum Gasteiger partial charge on any atom is 0.339 e. The zero-order chi connectivity index (χ0) is 12.3. The van der Waals surface area contributed by atoms with Crippen LogP contribution in [0.4, 0.5) is 0 Å². The standard InChI is InChI=1S/C14H18O2/c1-6-12(5)16-14(15)13-10(3)7-9(2)8-11(13)4/h6-8,12H,1H2,2-5H3/t12-/m0/s1. The van der Waals surface area contributed by atoms with Gasteiger partial charge in [0.25, 0.3) is 0 Å². The molecular formula is C14H18O2. The van der Waals surface area contributed by atoms with Crippen molar-refractivity contribution in [3.8, 4) is 0 Å². The van der Waals surface area contributed by atoms with Crippen molar-refractivity contribution in [1.29, 1.82) is 0 Å². The van der Waals surface area contributed by atoms with Gasteiger partial charge in [-0.2, -0.15) is 0 Å². The molecule has 1 atom stereocenters. The third-order valence-electron chi connectivity index (χ3n) is 2.51. The number of rotatable bonds is 3. The maximum absolute atomic E-state index is 11.9. The fraction of sp³-hybridized carbons (Fsp3) is 0.357. The molecule has 0 aromatic heterocycles. The number of benzene rings is 1. The molecule has 1 rings (SSSR count). The van der Waals surface area contributed by atoms with Gasteiger partial charge in [-0.1, -0.05) is 30.4 Å². The third kappa shape index (κ3) is 2.72. The molecule has 0 spiro atoms. The Morgan fingerprint density at radius 2 is 1.81 bits per heavy atom. The lowest BCUT2D eigenvalue weighted by Crippen LogP contribution is -2.15. The Morgan fingerprint density at radius 3 is 2.25 bits per heavy atom. The van der Waals surface area contributed by atoms with E-state index in [0.717, 1.165) is 16.7 Å². The summed E-state index contributed by atoms with van der Waals surface area (Å²) in [6.07, 6.45) is 1.35. The van der Waals surface area contributed by atoms with Crippen molar-refractivity contribution < 1.29 is 9.53 Å². The molecule has 1 aromatic rings. The Balaban J connectivity index is 3.04. The maximum atomic E-state index is 11.9. The van der Waals surface area contributed by atoms with Gasteiger partial charge in [0.15, 0.2) is 0 Å². The van der Waals surface area contributed by atoms with Crippen molar-refractivity contribution in [3.63, 3.8) is 0 Å². The number of aryl methyl sites for hydroxylation is 3. The van der Waals surface area contributed by atoms with Gasteiger partial charge >= 0.3 is 5.97 Å². The van der Waals surface area contributed by atoms with Crippen LogP contribution in [0.1, 0.15) is 34.0 Å². The van der Waals surface area contributed by atoms with Gasteiger partial charge in [-0.15, -0.1) is 0 Å². The normalized spacial score (nSPS) is 12.0. The van der Waals surface area contributed by atoms with Crippen LogP contribution in [0.25, 0.3) is 0 Å². The molecule has 0 unspecified atom stereocenters. The van der Waals surface area contributed by atoms with E-state index in [9.17, 15) is 4.79 Å². The molecule has 0 aliphatic carbocycles. The summed E-state index contributed by atoms with van der Waals surface area (Å²) in [6, 6.07) is 3.98. The highest BCUT2D eigenvalue weighted by molar-refractivity contribution is 5.93. The third-order valence-corrected chi connectivity index (χ3v) is 2.51. The molecule has 0 amide bonds. The molecule has 0 N–H and O–H groups in total. The fourth-order valence-electron chi connectivity index (χ4n) is 1.78. The minimum Gasteiger partial charge on any atom is -0.455 e. The highest BCUT2D eigenvalue weighted by Gasteiger charge is 2.15. The van der Waals surface area contributed by atoms with Crippen LogP contribution in [0.3, 0.4) is 0 Å². The minimum absolute atomic E-state index is 0.257. The summed E-state index contributed by atoms with van der Waals surface area (Å²) in [5.74, 6) is -0.276. The van der Waals surface area contributed by atoms with Crippen molar-refractivity contribution in [2.45, 2.75) is 33.8 Å². The van der Waals surface area contributed by atoms with Crippen molar-refractivity contribution in [3.05, 3.63) is 47.0 Å². The number of hydrogen-bond acceptors (Lipinski definition) is 2. The number of carbonyl (C=O) groups is 1. The first kappa shape index (κ1) is 12.5. The summed E-state index contributed by atoms with van der Waals surface area (Å²) in [7, 11) is 0. The summed E-state index contributed by atoms with van der Waals surface area (Å²) in [4.78, 5) is 11.9. The zero-order valence-corrected chi connectivity index (χ0v) is 10.3. The highest BCUT2D eigenvalue weighted by atomic mass is 16.5. The lowest BCUT2D eigenvalue weighted by atomic mass is 10.00. The predicted molar refractivity (Wildman–Crippen MR) is 65.7 cm³/mol. The van der Waals surface area contributed by atoms with E-state index in [0.29, 0.717) is 5.56 Å². The molecule has 0 heterocycles. The van der Waals surface area contributed by atoms with E-state index in [1.54, 1.807) is 13.0 Å². The monoisotopic (exact) mass is 218 g/mol. The Hall–Kier alpha value is -1.57. The molecule has 2 nitrogen and oxygen atoms in total. The van der Waals surface area contributed by atoms with Crippen molar-refractivity contribution in [1.82, 2.24) is 0 Å². The first-order chi connectivity index (χ1) is 7.45. The Labute approximate surface area is 96.9 Å². The van der Waals surface area contributed by atoms with E-state index >= 15 is 0 Å². The molecule has 86 valence electrons. The topological polar surface area (TPSA) is 26.3 Å². The molecule has 0 saturated carbocycles. The molecule has 2 heteroatoms. The van der Waals surface area contributed by atoms with Crippen LogP contribution in [0, 0.1) is 20.8 Å². The van der Waals surface area contributed by atoms with Gasteiger partial charge in [0.1, 0.15) is 6.10 Å². The van der Waals surface area contributed by atoms with Crippen LogP contribution < -0.4 is 0 Å². The fourth-order valence-corrected chi connectivity index (χ4v) is 1.78. The van der Waals surface area contributed by atoms with E-state index in [-0.39, 0.29) is 12.1 Å². The first-order valence-electron chi connectivity index (χ1n) is 5.37. The van der Waals surface area contributed by atoms with E-state index in [2.05, 4.69) is 6.58 Å². The summed E-state index contributed by atoms with van der Waals surface area (Å²) in [5.41, 5.74) is 3.74. The largest absolute Gasteiger partial charge is 0.455 e. The second-order valence-electron chi connectivity index (χ2n) is 4.12. The molecule has 0 radical (unpaired) electrons. The van der Waals surface area contributed by atoms with Gasteiger partial charge in [0, 0.05) is 0 Å². The summed E-state index contributed by atoms with van der Waals surface area (Å²) in [5, 5.41) is 0. The lowest BCUT2D eigenvalue weighted by Gasteiger charge is -2.13. The van der Waals surface area contributed by atoms with Crippen LogP contribution in [0.2, 0.25) is 0 Å². The van der Waals surface area contributed by atoms with E-state index in [1.807, 2.05) is 32.9 Å². The summed E-state index contributed by atoms with van der Waals surface area (Å²) in [6.45, 7) is 11.3. The first-order valence-corrected chi connectivity index (χ1v) is 5.37. The van der Waals surface area contributed by atoms with Gasteiger partial charge in [0.2, 0.25) is 0 Å². The average molecular weight is 218 g/mol. The van der Waals surface area contributed by atoms with Gasteiger partial charge in [-0.3, -0.25) is 0 Å². The molecule has 16 heavy (non-hydrogen) atoms. The Kier molecular flexibility index (Phi) is 3.88. The SMILES string of the molecule is C=C[C@H](C)OC(=O)c1c(C)cc(C)cc1C. The summed E-state index contributed by atoms with van der Waals surface area (Å²) < 4.78 is 5.23. The van der Waals surface area contributed by atoms with Crippen LogP contribution in [-0.4, -0.2) is 12.1 Å². The Bertz CT molecular complexity index is 396. The molecule has 0 aliphatic heterocycles. The van der Waals surface area contributed by atoms with E-state index in [4.69, 9.17) is 4.74 Å². The van der Waals surface area contributed by atoms with Crippen molar-refractivity contribution in [2.24, 2.45) is 0 Å². The summed E-state index contributed by atoms with van der Waals surface area (Å²) >= 11 is 0. The molecule has 0 bridgehead atoms. The van der Waals surface area contributed by atoms with Crippen LogP contribution in [0.5, 0.6) is 0 Å². The van der Waals surface area contributed by atoms with Gasteiger partial charge in [-0.25, -0.2) is 4.79 Å².